The summed E-state index contributed by atoms with van der Waals surface area (Å²) in [5.74, 6) is 0.931. The third kappa shape index (κ3) is 10.6. The van der Waals surface area contributed by atoms with Gasteiger partial charge in [0.1, 0.15) is 0 Å². The normalized spacial score (nSPS) is 19.6. The van der Waals surface area contributed by atoms with Crippen molar-refractivity contribution in [3.05, 3.63) is 0 Å². The molecule has 0 spiro atoms. The Labute approximate surface area is 170 Å². The Kier molecular flexibility index (Phi) is 13.7. The quantitative estimate of drug-likeness (QED) is 0.223. The molecule has 0 bridgehead atoms. The van der Waals surface area contributed by atoms with Gasteiger partial charge in [0.15, 0.2) is 5.96 Å². The van der Waals surface area contributed by atoms with E-state index >= 15 is 0 Å². The van der Waals surface area contributed by atoms with Crippen LogP contribution in [-0.4, -0.2) is 76.1 Å². The second-order valence-corrected chi connectivity index (χ2v) is 6.63. The van der Waals surface area contributed by atoms with Crippen LogP contribution < -0.4 is 10.6 Å². The molecule has 1 heterocycles. The van der Waals surface area contributed by atoms with E-state index in [4.69, 9.17) is 9.47 Å². The minimum atomic E-state index is 0. The molecule has 2 N–H and O–H groups in total. The number of nitrogens with one attached hydrogen (secondary N) is 2. The molecule has 2 rings (SSSR count). The van der Waals surface area contributed by atoms with Gasteiger partial charge < -0.3 is 20.1 Å². The van der Waals surface area contributed by atoms with Crippen LogP contribution in [0.2, 0.25) is 0 Å². The van der Waals surface area contributed by atoms with Gasteiger partial charge in [-0.2, -0.15) is 0 Å². The van der Waals surface area contributed by atoms with Crippen LogP contribution in [0, 0.1) is 0 Å². The molecule has 0 aromatic carbocycles. The molecule has 1 aliphatic carbocycles. The largest absolute Gasteiger partial charge is 0.379 e. The Morgan fingerprint density at radius 2 is 1.92 bits per heavy atom. The third-order valence-electron chi connectivity index (χ3n) is 4.62. The fourth-order valence-corrected chi connectivity index (χ4v) is 3.24. The van der Waals surface area contributed by atoms with Crippen LogP contribution in [-0.2, 0) is 9.47 Å². The van der Waals surface area contributed by atoms with Gasteiger partial charge in [0, 0.05) is 39.3 Å². The van der Waals surface area contributed by atoms with Gasteiger partial charge >= 0.3 is 0 Å². The summed E-state index contributed by atoms with van der Waals surface area (Å²) in [5.41, 5.74) is 0. The van der Waals surface area contributed by atoms with E-state index in [0.29, 0.717) is 6.10 Å². The summed E-state index contributed by atoms with van der Waals surface area (Å²) in [6.07, 6.45) is 7.81. The van der Waals surface area contributed by atoms with E-state index in [1.807, 2.05) is 0 Å². The zero-order chi connectivity index (χ0) is 16.9. The van der Waals surface area contributed by atoms with Crippen LogP contribution in [0.5, 0.6) is 0 Å². The number of nitrogens with zero attached hydrogens (tertiary/aromatic N) is 2. The minimum Gasteiger partial charge on any atom is -0.379 e. The lowest BCUT2D eigenvalue weighted by Crippen LogP contribution is -2.40. The molecule has 0 amide bonds. The summed E-state index contributed by atoms with van der Waals surface area (Å²) in [4.78, 5) is 7.11. The number of aliphatic imine (C=N–C) groups is 1. The molecule has 148 valence electrons. The first-order valence-electron chi connectivity index (χ1n) is 9.82. The van der Waals surface area contributed by atoms with Gasteiger partial charge in [-0.25, -0.2) is 0 Å². The van der Waals surface area contributed by atoms with Crippen molar-refractivity contribution in [2.45, 2.75) is 51.6 Å². The lowest BCUT2D eigenvalue weighted by molar-refractivity contribution is 0.0376. The fourth-order valence-electron chi connectivity index (χ4n) is 3.24. The van der Waals surface area contributed by atoms with Crippen molar-refractivity contribution in [1.29, 1.82) is 0 Å². The van der Waals surface area contributed by atoms with Gasteiger partial charge in [0.2, 0.25) is 0 Å². The first-order chi connectivity index (χ1) is 11.9. The van der Waals surface area contributed by atoms with Gasteiger partial charge in [-0.1, -0.05) is 12.8 Å². The maximum atomic E-state index is 5.88. The molecule has 2 aliphatic rings. The van der Waals surface area contributed by atoms with Gasteiger partial charge in [-0.05, 0) is 39.2 Å². The molecule has 0 unspecified atom stereocenters. The van der Waals surface area contributed by atoms with Gasteiger partial charge in [0.05, 0.1) is 19.3 Å². The summed E-state index contributed by atoms with van der Waals surface area (Å²) < 4.78 is 11.3. The molecule has 1 saturated carbocycles. The number of rotatable bonds is 10. The van der Waals surface area contributed by atoms with Crippen LogP contribution in [0.1, 0.15) is 45.4 Å². The summed E-state index contributed by atoms with van der Waals surface area (Å²) in [6.45, 7) is 10.6. The summed E-state index contributed by atoms with van der Waals surface area (Å²) in [5, 5.41) is 6.75. The predicted molar refractivity (Wildman–Crippen MR) is 114 cm³/mol. The molecule has 6 nitrogen and oxygen atoms in total. The van der Waals surface area contributed by atoms with E-state index < -0.39 is 0 Å². The molecule has 0 aromatic heterocycles. The maximum absolute atomic E-state index is 5.88. The number of halogens is 1. The summed E-state index contributed by atoms with van der Waals surface area (Å²) >= 11 is 0. The number of hydrogen-bond donors (Lipinski definition) is 2. The Bertz CT molecular complexity index is 346. The summed E-state index contributed by atoms with van der Waals surface area (Å²) in [7, 11) is 0. The third-order valence-corrected chi connectivity index (χ3v) is 4.62. The zero-order valence-electron chi connectivity index (χ0n) is 15.8. The molecule has 7 heteroatoms. The van der Waals surface area contributed by atoms with Gasteiger partial charge in [-0.3, -0.25) is 9.89 Å². The van der Waals surface area contributed by atoms with E-state index in [1.54, 1.807) is 0 Å². The van der Waals surface area contributed by atoms with E-state index in [0.717, 1.165) is 77.9 Å². The first-order valence-corrected chi connectivity index (χ1v) is 9.82. The molecule has 0 radical (unpaired) electrons. The molecular weight excluding hydrogens is 431 g/mol. The summed E-state index contributed by atoms with van der Waals surface area (Å²) in [6, 6.07) is 0. The van der Waals surface area contributed by atoms with Crippen molar-refractivity contribution in [3.63, 3.8) is 0 Å². The average Bonchev–Trinajstić information content (AvgIpc) is 3.12. The number of ether oxygens (including phenoxy) is 2. The van der Waals surface area contributed by atoms with E-state index in [-0.39, 0.29) is 24.0 Å². The van der Waals surface area contributed by atoms with E-state index in [9.17, 15) is 0 Å². The maximum Gasteiger partial charge on any atom is 0.191 e. The molecule has 1 aliphatic heterocycles. The highest BCUT2D eigenvalue weighted by Gasteiger charge is 2.14. The van der Waals surface area contributed by atoms with Crippen LogP contribution >= 0.6 is 24.0 Å². The van der Waals surface area contributed by atoms with Crippen molar-refractivity contribution >= 4 is 29.9 Å². The van der Waals surface area contributed by atoms with Crippen molar-refractivity contribution in [3.8, 4) is 0 Å². The Hall–Kier alpha value is -0.120. The van der Waals surface area contributed by atoms with E-state index in [1.165, 1.54) is 25.7 Å². The second-order valence-electron chi connectivity index (χ2n) is 6.63. The van der Waals surface area contributed by atoms with Gasteiger partial charge in [-0.15, -0.1) is 24.0 Å². The fraction of sp³-hybridized carbons (Fsp3) is 0.944. The first kappa shape index (κ1) is 22.9. The Balaban J connectivity index is 0.00000312. The lowest BCUT2D eigenvalue weighted by Gasteiger charge is -2.26. The van der Waals surface area contributed by atoms with E-state index in [2.05, 4.69) is 27.4 Å². The SMILES string of the molecule is CCNC(=NCCCOC1CCCC1)NCCCN1CCOCC1.I. The van der Waals surface area contributed by atoms with Gasteiger partial charge in [0.25, 0.3) is 0 Å². The number of hydrogen-bond acceptors (Lipinski definition) is 4. The second kappa shape index (κ2) is 15.0. The molecular formula is C18H37IN4O2. The minimum absolute atomic E-state index is 0. The Morgan fingerprint density at radius 3 is 2.64 bits per heavy atom. The van der Waals surface area contributed by atoms with Crippen LogP contribution in [0.25, 0.3) is 0 Å². The lowest BCUT2D eigenvalue weighted by atomic mass is 10.3. The monoisotopic (exact) mass is 468 g/mol. The molecule has 1 saturated heterocycles. The zero-order valence-corrected chi connectivity index (χ0v) is 18.1. The predicted octanol–water partition coefficient (Wildman–Crippen LogP) is 2.23. The van der Waals surface area contributed by atoms with Crippen LogP contribution in [0.3, 0.4) is 0 Å². The highest BCUT2D eigenvalue weighted by Crippen LogP contribution is 2.20. The Morgan fingerprint density at radius 1 is 1.16 bits per heavy atom. The van der Waals surface area contributed by atoms with Crippen molar-refractivity contribution in [1.82, 2.24) is 15.5 Å². The van der Waals surface area contributed by atoms with Crippen molar-refractivity contribution in [2.24, 2.45) is 4.99 Å². The highest BCUT2D eigenvalue weighted by atomic mass is 127. The molecule has 0 atom stereocenters. The van der Waals surface area contributed by atoms with Crippen LogP contribution in [0.15, 0.2) is 4.99 Å². The highest BCUT2D eigenvalue weighted by molar-refractivity contribution is 14.0. The smallest absolute Gasteiger partial charge is 0.191 e. The number of morpholine rings is 1. The van der Waals surface area contributed by atoms with Crippen LogP contribution in [0.4, 0.5) is 0 Å². The molecule has 25 heavy (non-hydrogen) atoms. The molecule has 2 fully saturated rings. The molecule has 0 aromatic rings. The van der Waals surface area contributed by atoms with Crippen molar-refractivity contribution < 1.29 is 9.47 Å². The van der Waals surface area contributed by atoms with Crippen molar-refractivity contribution in [2.75, 3.05) is 59.1 Å². The standard InChI is InChI=1S/C18H36N4O2.HI/c1-2-19-18(20-9-5-11-22-12-15-23-16-13-22)21-10-6-14-24-17-7-3-4-8-17;/h17H,2-16H2,1H3,(H2,19,20,21);1H. The topological polar surface area (TPSA) is 58.1 Å². The number of guanidine groups is 1. The average molecular weight is 468 g/mol.